The number of hydrogen-bond donors (Lipinski definition) is 2. The SMILES string of the molecule is C=C(C)CN=C(NCCc1ccco1)NCCC1CCN(CC(F)(F)F)CC1.I. The van der Waals surface area contributed by atoms with Gasteiger partial charge in [0.15, 0.2) is 5.96 Å². The Balaban J connectivity index is 0.00000420. The molecule has 0 amide bonds. The van der Waals surface area contributed by atoms with E-state index in [1.807, 2.05) is 19.1 Å². The first kappa shape index (κ1) is 25.8. The largest absolute Gasteiger partial charge is 0.469 e. The zero-order valence-electron chi connectivity index (χ0n) is 16.9. The van der Waals surface area contributed by atoms with E-state index in [9.17, 15) is 13.2 Å². The molecule has 166 valence electrons. The van der Waals surface area contributed by atoms with Crippen molar-refractivity contribution in [3.05, 3.63) is 36.3 Å². The van der Waals surface area contributed by atoms with Crippen LogP contribution in [0.1, 0.15) is 31.9 Å². The molecule has 0 atom stereocenters. The topological polar surface area (TPSA) is 52.8 Å². The second kappa shape index (κ2) is 13.1. The van der Waals surface area contributed by atoms with Gasteiger partial charge in [-0.1, -0.05) is 12.2 Å². The molecule has 9 heteroatoms. The number of aliphatic imine (C=N–C) groups is 1. The monoisotopic (exact) mass is 528 g/mol. The molecule has 0 bridgehead atoms. The third-order valence-electron chi connectivity index (χ3n) is 4.71. The number of alkyl halides is 3. The van der Waals surface area contributed by atoms with E-state index < -0.39 is 12.7 Å². The molecule has 5 nitrogen and oxygen atoms in total. The van der Waals surface area contributed by atoms with E-state index in [2.05, 4.69) is 22.2 Å². The molecule has 0 radical (unpaired) electrons. The molecule has 1 aromatic heterocycles. The van der Waals surface area contributed by atoms with Gasteiger partial charge in [-0.3, -0.25) is 4.90 Å². The van der Waals surface area contributed by atoms with Gasteiger partial charge in [0.1, 0.15) is 5.76 Å². The first-order valence-corrected chi connectivity index (χ1v) is 9.80. The minimum Gasteiger partial charge on any atom is -0.469 e. The molecule has 0 spiro atoms. The molecule has 1 saturated heterocycles. The van der Waals surface area contributed by atoms with Crippen LogP contribution in [0.3, 0.4) is 0 Å². The Hall–Kier alpha value is -1.23. The molecule has 1 aromatic rings. The number of nitrogens with zero attached hydrogens (tertiary/aromatic N) is 2. The van der Waals surface area contributed by atoms with Crippen molar-refractivity contribution in [3.8, 4) is 0 Å². The zero-order valence-corrected chi connectivity index (χ0v) is 19.3. The van der Waals surface area contributed by atoms with Gasteiger partial charge in [0.05, 0.1) is 19.4 Å². The lowest BCUT2D eigenvalue weighted by molar-refractivity contribution is -0.148. The van der Waals surface area contributed by atoms with Crippen LogP contribution in [0.25, 0.3) is 0 Å². The Morgan fingerprint density at radius 3 is 2.55 bits per heavy atom. The summed E-state index contributed by atoms with van der Waals surface area (Å²) in [6, 6.07) is 3.80. The van der Waals surface area contributed by atoms with E-state index in [4.69, 9.17) is 4.42 Å². The van der Waals surface area contributed by atoms with E-state index in [1.54, 1.807) is 6.26 Å². The minimum atomic E-state index is -4.11. The van der Waals surface area contributed by atoms with Gasteiger partial charge in [0.2, 0.25) is 0 Å². The number of likely N-dealkylation sites (tertiary alicyclic amines) is 1. The number of hydrogen-bond acceptors (Lipinski definition) is 3. The van der Waals surface area contributed by atoms with Crippen LogP contribution in [0.2, 0.25) is 0 Å². The van der Waals surface area contributed by atoms with Crippen molar-refractivity contribution in [2.75, 3.05) is 39.3 Å². The van der Waals surface area contributed by atoms with Gasteiger partial charge < -0.3 is 15.1 Å². The molecule has 0 aromatic carbocycles. The van der Waals surface area contributed by atoms with Crippen molar-refractivity contribution < 1.29 is 17.6 Å². The van der Waals surface area contributed by atoms with Gasteiger partial charge in [-0.25, -0.2) is 4.99 Å². The lowest BCUT2D eigenvalue weighted by atomic mass is 9.93. The summed E-state index contributed by atoms with van der Waals surface area (Å²) in [5.41, 5.74) is 0.976. The van der Waals surface area contributed by atoms with Crippen LogP contribution < -0.4 is 10.6 Å². The Kier molecular flexibility index (Phi) is 11.7. The lowest BCUT2D eigenvalue weighted by Crippen LogP contribution is -2.42. The van der Waals surface area contributed by atoms with E-state index in [1.165, 1.54) is 4.90 Å². The molecule has 2 N–H and O–H groups in total. The smallest absolute Gasteiger partial charge is 0.401 e. The average molecular weight is 528 g/mol. The second-order valence-electron chi connectivity index (χ2n) is 7.43. The zero-order chi connectivity index (χ0) is 20.4. The van der Waals surface area contributed by atoms with Gasteiger partial charge >= 0.3 is 6.18 Å². The summed E-state index contributed by atoms with van der Waals surface area (Å²) >= 11 is 0. The number of guanidine groups is 1. The molecule has 1 fully saturated rings. The molecule has 0 saturated carbocycles. The average Bonchev–Trinajstić information content (AvgIpc) is 3.12. The van der Waals surface area contributed by atoms with Crippen LogP contribution in [-0.2, 0) is 6.42 Å². The fourth-order valence-corrected chi connectivity index (χ4v) is 3.23. The van der Waals surface area contributed by atoms with Crippen molar-refractivity contribution in [1.82, 2.24) is 15.5 Å². The number of rotatable bonds is 9. The van der Waals surface area contributed by atoms with Crippen LogP contribution in [0.5, 0.6) is 0 Å². The van der Waals surface area contributed by atoms with Crippen LogP contribution >= 0.6 is 24.0 Å². The highest BCUT2D eigenvalue weighted by Crippen LogP contribution is 2.23. The van der Waals surface area contributed by atoms with Crippen molar-refractivity contribution in [2.45, 2.75) is 38.8 Å². The molecule has 29 heavy (non-hydrogen) atoms. The molecule has 1 aliphatic rings. The molecule has 0 unspecified atom stereocenters. The highest BCUT2D eigenvalue weighted by Gasteiger charge is 2.32. The summed E-state index contributed by atoms with van der Waals surface area (Å²) in [7, 11) is 0. The van der Waals surface area contributed by atoms with E-state index in [0.717, 1.165) is 49.5 Å². The first-order chi connectivity index (χ1) is 13.3. The maximum atomic E-state index is 12.5. The van der Waals surface area contributed by atoms with Crippen molar-refractivity contribution in [3.63, 3.8) is 0 Å². The third-order valence-corrected chi connectivity index (χ3v) is 4.71. The highest BCUT2D eigenvalue weighted by atomic mass is 127. The summed E-state index contributed by atoms with van der Waals surface area (Å²) in [6.45, 7) is 8.03. The fraction of sp³-hybridized carbons (Fsp3) is 0.650. The second-order valence-corrected chi connectivity index (χ2v) is 7.43. The molecule has 1 aliphatic heterocycles. The summed E-state index contributed by atoms with van der Waals surface area (Å²) in [5, 5.41) is 6.61. The summed E-state index contributed by atoms with van der Waals surface area (Å²) < 4.78 is 42.7. The standard InChI is InChI=1S/C20H31F3N4O.HI/c1-16(2)14-26-19(25-10-6-18-4-3-13-28-18)24-9-5-17-7-11-27(12-8-17)15-20(21,22)23;/h3-4,13,17H,1,5-12,14-15H2,2H3,(H2,24,25,26);1H. The number of furan rings is 1. The van der Waals surface area contributed by atoms with Crippen LogP contribution in [0.4, 0.5) is 13.2 Å². The summed E-state index contributed by atoms with van der Waals surface area (Å²) in [5.74, 6) is 2.09. The Morgan fingerprint density at radius 1 is 1.28 bits per heavy atom. The van der Waals surface area contributed by atoms with Gasteiger partial charge in [0, 0.05) is 19.5 Å². The van der Waals surface area contributed by atoms with Gasteiger partial charge in [-0.2, -0.15) is 13.2 Å². The highest BCUT2D eigenvalue weighted by molar-refractivity contribution is 14.0. The predicted molar refractivity (Wildman–Crippen MR) is 121 cm³/mol. The molecule has 2 heterocycles. The fourth-order valence-electron chi connectivity index (χ4n) is 3.23. The number of piperidine rings is 1. The van der Waals surface area contributed by atoms with Crippen molar-refractivity contribution >= 4 is 29.9 Å². The van der Waals surface area contributed by atoms with E-state index in [-0.39, 0.29) is 24.0 Å². The summed E-state index contributed by atoms with van der Waals surface area (Å²) in [6.07, 6.45) is 0.849. The van der Waals surface area contributed by atoms with Gasteiger partial charge in [-0.05, 0) is 57.3 Å². The maximum Gasteiger partial charge on any atom is 0.401 e. The minimum absolute atomic E-state index is 0. The predicted octanol–water partition coefficient (Wildman–Crippen LogP) is 4.22. The Bertz CT molecular complexity index is 612. The Labute approximate surface area is 188 Å². The van der Waals surface area contributed by atoms with Crippen molar-refractivity contribution in [2.24, 2.45) is 10.9 Å². The number of halogens is 4. The normalized spacial score (nSPS) is 16.3. The van der Waals surface area contributed by atoms with E-state index >= 15 is 0 Å². The van der Waals surface area contributed by atoms with Crippen LogP contribution in [0.15, 0.2) is 40.0 Å². The first-order valence-electron chi connectivity index (χ1n) is 9.80. The van der Waals surface area contributed by atoms with Gasteiger partial charge in [0.25, 0.3) is 0 Å². The summed E-state index contributed by atoms with van der Waals surface area (Å²) in [4.78, 5) is 6.01. The quantitative estimate of drug-likeness (QED) is 0.218. The lowest BCUT2D eigenvalue weighted by Gasteiger charge is -2.32. The van der Waals surface area contributed by atoms with Crippen LogP contribution in [0, 0.1) is 5.92 Å². The molecular formula is C20H32F3IN4O. The molecule has 2 rings (SSSR count). The number of nitrogens with one attached hydrogen (secondary N) is 2. The molecular weight excluding hydrogens is 496 g/mol. The maximum absolute atomic E-state index is 12.5. The Morgan fingerprint density at radius 2 is 1.97 bits per heavy atom. The van der Waals surface area contributed by atoms with Gasteiger partial charge in [-0.15, -0.1) is 24.0 Å². The van der Waals surface area contributed by atoms with Crippen LogP contribution in [-0.4, -0.2) is 56.3 Å². The molecule has 0 aliphatic carbocycles. The van der Waals surface area contributed by atoms with Crippen molar-refractivity contribution in [1.29, 1.82) is 0 Å². The third kappa shape index (κ3) is 11.5. The van der Waals surface area contributed by atoms with E-state index in [0.29, 0.717) is 32.1 Å².